The monoisotopic (exact) mass is 695 g/mol. The minimum atomic E-state index is -1.72. The van der Waals surface area contributed by atoms with Crippen LogP contribution < -0.4 is 32.7 Å². The lowest BCUT2D eigenvalue weighted by Crippen LogP contribution is -2.65. The van der Waals surface area contributed by atoms with Crippen LogP contribution in [0, 0.1) is 5.92 Å². The molecule has 48 heavy (non-hydrogen) atoms. The van der Waals surface area contributed by atoms with E-state index in [2.05, 4.69) is 40.9 Å². The zero-order valence-electron chi connectivity index (χ0n) is 29.2. The molecule has 0 aromatic rings. The van der Waals surface area contributed by atoms with Gasteiger partial charge in [0.1, 0.15) is 17.6 Å². The maximum absolute atomic E-state index is 14.2. The minimum absolute atomic E-state index is 0.0701. The largest absolute Gasteiger partial charge is 0.480 e. The Morgan fingerprint density at radius 3 is 2.06 bits per heavy atom. The summed E-state index contributed by atoms with van der Waals surface area (Å²) in [5.74, 6) is -3.89. The lowest BCUT2D eigenvalue weighted by atomic mass is 9.82. The number of nitrogens with zero attached hydrogens (tertiary/aromatic N) is 1. The van der Waals surface area contributed by atoms with E-state index in [1.54, 1.807) is 0 Å². The van der Waals surface area contributed by atoms with Crippen molar-refractivity contribution in [2.24, 2.45) is 17.4 Å². The van der Waals surface area contributed by atoms with Crippen molar-refractivity contribution >= 4 is 49.6 Å². The molecule has 0 saturated carbocycles. The maximum Gasteiger partial charge on any atom is 0.326 e. The van der Waals surface area contributed by atoms with Crippen molar-refractivity contribution in [3.63, 3.8) is 0 Å². The number of primary amides is 1. The summed E-state index contributed by atoms with van der Waals surface area (Å²) < 4.78 is 0. The number of nitrogens with two attached hydrogens (primary N) is 2. The first kappa shape index (κ1) is 42.2. The second-order valence-corrected chi connectivity index (χ2v) is 19.5. The molecule has 0 bridgehead atoms. The van der Waals surface area contributed by atoms with E-state index in [-0.39, 0.29) is 62.4 Å². The number of carboxylic acid groups (broad SMARTS) is 1. The first-order chi connectivity index (χ1) is 22.4. The molecule has 0 unspecified atom stereocenters. The van der Waals surface area contributed by atoms with E-state index >= 15 is 0 Å². The summed E-state index contributed by atoms with van der Waals surface area (Å²) in [5, 5.41) is 20.5. The fourth-order valence-electron chi connectivity index (χ4n) is 5.29. The van der Waals surface area contributed by atoms with Gasteiger partial charge < -0.3 is 37.8 Å². The molecule has 1 heterocycles. The topological polar surface area (TPSA) is 243 Å². The summed E-state index contributed by atoms with van der Waals surface area (Å²) in [7, 11) is -1.72. The van der Waals surface area contributed by atoms with Gasteiger partial charge in [0.15, 0.2) is 0 Å². The van der Waals surface area contributed by atoms with Gasteiger partial charge in [-0.05, 0) is 63.8 Å². The minimum Gasteiger partial charge on any atom is -0.480 e. The van der Waals surface area contributed by atoms with Gasteiger partial charge in [0, 0.05) is 39.7 Å². The molecule has 0 aromatic carbocycles. The van der Waals surface area contributed by atoms with Crippen molar-refractivity contribution in [2.45, 2.75) is 121 Å². The van der Waals surface area contributed by atoms with E-state index in [9.17, 15) is 38.7 Å². The highest BCUT2D eigenvalue weighted by molar-refractivity contribution is 6.76. The number of hydrogen-bond donors (Lipinski definition) is 7. The van der Waals surface area contributed by atoms with Crippen LogP contribution in [0.2, 0.25) is 25.7 Å². The number of amides is 7. The number of hydrogen-bond acceptors (Lipinski definition) is 8. The lowest BCUT2D eigenvalue weighted by Gasteiger charge is -2.39. The summed E-state index contributed by atoms with van der Waals surface area (Å²) in [6, 6.07) is -2.39. The number of carbonyl (C=O) groups is 7. The number of carbonyl (C=O) groups excluding carboxylic acids is 6. The van der Waals surface area contributed by atoms with E-state index < -0.39 is 49.5 Å². The molecule has 272 valence electrons. The summed E-state index contributed by atoms with van der Waals surface area (Å²) in [6.07, 6.45) is 6.04. The highest BCUT2D eigenvalue weighted by Gasteiger charge is 2.44. The van der Waals surface area contributed by atoms with E-state index in [0.29, 0.717) is 51.1 Å². The van der Waals surface area contributed by atoms with E-state index in [1.807, 2.05) is 13.8 Å². The number of carboxylic acids is 1. The van der Waals surface area contributed by atoms with Gasteiger partial charge in [-0.3, -0.25) is 28.9 Å². The van der Waals surface area contributed by atoms with Crippen LogP contribution in [0.5, 0.6) is 0 Å². The molecule has 0 fully saturated rings. The molecule has 0 radical (unpaired) electrons. The highest BCUT2D eigenvalue weighted by atomic mass is 28.3. The van der Waals surface area contributed by atoms with Crippen molar-refractivity contribution in [2.75, 3.05) is 19.6 Å². The summed E-state index contributed by atoms with van der Waals surface area (Å²) in [6.45, 7) is 10.9. The highest BCUT2D eigenvalue weighted by Crippen LogP contribution is 2.28. The standard InChI is InChI=1S/C32H57N7O8Si/c1-22(2)32(17-21-48(3,4)5,38-25(40)14-7-6-10-20-39-26(41)15-16-27(39)42)30(46)37-23(13-11-19-35-31(34)47)28(43)36-24(29(44)45)12-8-9-18-33/h15-16,22-24H,6-14,17-21,33H2,1-5H3,(H,36,43)(H,37,46)(H,38,40)(H,44,45)(H3,34,35,47)/t23-,24-,32-/m0/s1. The van der Waals surface area contributed by atoms with Crippen LogP contribution in [0.3, 0.4) is 0 Å². The Morgan fingerprint density at radius 1 is 0.896 bits per heavy atom. The predicted molar refractivity (Wildman–Crippen MR) is 184 cm³/mol. The molecule has 1 rings (SSSR count). The second-order valence-electron chi connectivity index (χ2n) is 13.9. The molecule has 0 aromatic heterocycles. The van der Waals surface area contributed by atoms with Crippen molar-refractivity contribution in [1.82, 2.24) is 26.2 Å². The number of imide groups is 1. The number of rotatable bonds is 24. The number of urea groups is 1. The van der Waals surface area contributed by atoms with Crippen molar-refractivity contribution in [3.8, 4) is 0 Å². The van der Waals surface area contributed by atoms with Gasteiger partial charge in [-0.1, -0.05) is 46.0 Å². The molecule has 0 spiro atoms. The number of aliphatic carboxylic acids is 1. The van der Waals surface area contributed by atoms with Crippen LogP contribution in [0.4, 0.5) is 4.79 Å². The normalized spacial score (nSPS) is 15.5. The van der Waals surface area contributed by atoms with Gasteiger partial charge in [-0.15, -0.1) is 0 Å². The van der Waals surface area contributed by atoms with Crippen LogP contribution in [-0.4, -0.2) is 96.9 Å². The van der Waals surface area contributed by atoms with Crippen LogP contribution in [0.25, 0.3) is 0 Å². The van der Waals surface area contributed by atoms with Crippen molar-refractivity contribution < 1.29 is 38.7 Å². The third-order valence-electron chi connectivity index (χ3n) is 8.36. The Kier molecular flexibility index (Phi) is 18.1. The van der Waals surface area contributed by atoms with Crippen molar-refractivity contribution in [1.29, 1.82) is 0 Å². The Balaban J connectivity index is 3.15. The van der Waals surface area contributed by atoms with Gasteiger partial charge in [0.05, 0.1) is 0 Å². The Labute approximate surface area is 284 Å². The van der Waals surface area contributed by atoms with E-state index in [0.717, 1.165) is 4.90 Å². The molecule has 0 saturated heterocycles. The molecule has 3 atom stereocenters. The predicted octanol–water partition coefficient (Wildman–Crippen LogP) is 1.34. The van der Waals surface area contributed by atoms with Gasteiger partial charge in [0.25, 0.3) is 11.8 Å². The quantitative estimate of drug-likeness (QED) is 0.0437. The molecule has 1 aliphatic heterocycles. The average molecular weight is 696 g/mol. The number of nitrogens with one attached hydrogen (secondary N) is 4. The zero-order valence-corrected chi connectivity index (χ0v) is 30.2. The maximum atomic E-state index is 14.2. The Hall–Kier alpha value is -3.79. The van der Waals surface area contributed by atoms with E-state index in [1.165, 1.54) is 12.2 Å². The molecule has 1 aliphatic rings. The van der Waals surface area contributed by atoms with Crippen LogP contribution >= 0.6 is 0 Å². The summed E-state index contributed by atoms with van der Waals surface area (Å²) in [4.78, 5) is 88.8. The molecule has 0 aliphatic carbocycles. The molecular formula is C32H57N7O8Si. The fraction of sp³-hybridized carbons (Fsp3) is 0.719. The first-order valence-electron chi connectivity index (χ1n) is 16.9. The van der Waals surface area contributed by atoms with Crippen molar-refractivity contribution in [3.05, 3.63) is 12.2 Å². The van der Waals surface area contributed by atoms with Crippen LogP contribution in [0.15, 0.2) is 12.2 Å². The summed E-state index contributed by atoms with van der Waals surface area (Å²) in [5.41, 5.74) is 9.33. The lowest BCUT2D eigenvalue weighted by molar-refractivity contribution is -0.143. The Morgan fingerprint density at radius 2 is 1.52 bits per heavy atom. The molecule has 7 amide bonds. The Bertz CT molecular complexity index is 1160. The SMILES string of the molecule is CC(C)[C@](CC[Si](C)(C)C)(NC(=O)CCCCCN1C(=O)C=CC1=O)C(=O)N[C@@H](CCCNC(N)=O)C(=O)N[C@@H](CCCCN)C(=O)O. The first-order valence-corrected chi connectivity index (χ1v) is 20.6. The molecule has 15 nitrogen and oxygen atoms in total. The summed E-state index contributed by atoms with van der Waals surface area (Å²) >= 11 is 0. The third kappa shape index (κ3) is 15.0. The molecule has 9 N–H and O–H groups in total. The average Bonchev–Trinajstić information content (AvgIpc) is 3.31. The number of unbranched alkanes of at least 4 members (excludes halogenated alkanes) is 3. The van der Waals surface area contributed by atoms with Gasteiger partial charge >= 0.3 is 12.0 Å². The zero-order chi connectivity index (χ0) is 36.5. The third-order valence-corrected chi connectivity index (χ3v) is 10.1. The molecular weight excluding hydrogens is 638 g/mol. The smallest absolute Gasteiger partial charge is 0.326 e. The molecule has 16 heteroatoms. The van der Waals surface area contributed by atoms with E-state index in [4.69, 9.17) is 11.5 Å². The van der Waals surface area contributed by atoms with Gasteiger partial charge in [-0.2, -0.15) is 0 Å². The van der Waals surface area contributed by atoms with Crippen LogP contribution in [-0.2, 0) is 28.8 Å². The second kappa shape index (κ2) is 20.5. The van der Waals surface area contributed by atoms with Gasteiger partial charge in [-0.25, -0.2) is 9.59 Å². The van der Waals surface area contributed by atoms with Gasteiger partial charge in [0.2, 0.25) is 17.7 Å². The fourth-order valence-corrected chi connectivity index (χ4v) is 6.44. The van der Waals surface area contributed by atoms with Crippen LogP contribution in [0.1, 0.15) is 78.1 Å².